The summed E-state index contributed by atoms with van der Waals surface area (Å²) in [5, 5.41) is 16.6. The number of aromatic nitrogens is 3. The van der Waals surface area contributed by atoms with Gasteiger partial charge in [-0.2, -0.15) is 10.4 Å². The van der Waals surface area contributed by atoms with Gasteiger partial charge in [-0.15, -0.1) is 0 Å². The summed E-state index contributed by atoms with van der Waals surface area (Å²) in [5.41, 5.74) is 5.66. The number of carbonyl (C=O) groups is 1. The minimum Gasteiger partial charge on any atom is -0.367 e. The monoisotopic (exact) mass is 417 g/mol. The van der Waals surface area contributed by atoms with E-state index in [1.54, 1.807) is 4.52 Å². The SMILES string of the molecule is Cc1nc2c(C#N)cnn2c(C)c1CCC(=O)Nc1ccccc1N1CCN(C)CC1. The molecule has 4 rings (SSSR count). The molecule has 1 saturated heterocycles. The van der Waals surface area contributed by atoms with E-state index < -0.39 is 0 Å². The molecule has 1 aliphatic rings. The number of benzene rings is 1. The molecule has 0 radical (unpaired) electrons. The number of likely N-dealkylation sites (N-methyl/N-ethyl adjacent to an activating group) is 1. The minimum absolute atomic E-state index is 0.0290. The molecular weight excluding hydrogens is 390 g/mol. The first kappa shape index (κ1) is 20.8. The van der Waals surface area contributed by atoms with Gasteiger partial charge in [0.05, 0.1) is 17.6 Å². The minimum atomic E-state index is -0.0290. The fraction of sp³-hybridized carbons (Fsp3) is 0.391. The third-order valence-electron chi connectivity index (χ3n) is 5.95. The van der Waals surface area contributed by atoms with Crippen molar-refractivity contribution in [2.45, 2.75) is 26.7 Å². The van der Waals surface area contributed by atoms with Crippen LogP contribution in [0.25, 0.3) is 5.65 Å². The first-order valence-corrected chi connectivity index (χ1v) is 10.5. The maximum atomic E-state index is 12.8. The number of nitrogens with one attached hydrogen (secondary N) is 1. The lowest BCUT2D eigenvalue weighted by atomic mass is 10.1. The van der Waals surface area contributed by atoms with Gasteiger partial charge >= 0.3 is 0 Å². The molecule has 3 heterocycles. The Kier molecular flexibility index (Phi) is 5.87. The van der Waals surface area contributed by atoms with Crippen molar-refractivity contribution in [1.29, 1.82) is 5.26 Å². The summed E-state index contributed by atoms with van der Waals surface area (Å²) < 4.78 is 1.68. The molecular formula is C23H27N7O. The van der Waals surface area contributed by atoms with E-state index in [9.17, 15) is 10.1 Å². The van der Waals surface area contributed by atoms with Crippen LogP contribution in [0.4, 0.5) is 11.4 Å². The van der Waals surface area contributed by atoms with Crippen LogP contribution in [0.3, 0.4) is 0 Å². The fourth-order valence-electron chi connectivity index (χ4n) is 4.11. The van der Waals surface area contributed by atoms with Crippen molar-refractivity contribution in [3.8, 4) is 6.07 Å². The summed E-state index contributed by atoms with van der Waals surface area (Å²) in [4.78, 5) is 22.0. The Morgan fingerprint density at radius 1 is 1.19 bits per heavy atom. The van der Waals surface area contributed by atoms with Gasteiger partial charge < -0.3 is 15.1 Å². The summed E-state index contributed by atoms with van der Waals surface area (Å²) in [5.74, 6) is -0.0290. The predicted octanol–water partition coefficient (Wildman–Crippen LogP) is 2.54. The molecule has 8 nitrogen and oxygen atoms in total. The molecule has 0 unspecified atom stereocenters. The third-order valence-corrected chi connectivity index (χ3v) is 5.95. The van der Waals surface area contributed by atoms with Crippen LogP contribution >= 0.6 is 0 Å². The molecule has 0 aliphatic carbocycles. The lowest BCUT2D eigenvalue weighted by Crippen LogP contribution is -2.44. The van der Waals surface area contributed by atoms with Crippen LogP contribution in [0, 0.1) is 25.2 Å². The molecule has 1 aromatic carbocycles. The van der Waals surface area contributed by atoms with E-state index in [2.05, 4.69) is 44.4 Å². The lowest BCUT2D eigenvalue weighted by Gasteiger charge is -2.35. The van der Waals surface area contributed by atoms with Crippen LogP contribution in [-0.4, -0.2) is 58.6 Å². The molecule has 8 heteroatoms. The second kappa shape index (κ2) is 8.74. The average Bonchev–Trinajstić information content (AvgIpc) is 3.17. The molecule has 0 saturated carbocycles. The maximum absolute atomic E-state index is 12.8. The van der Waals surface area contributed by atoms with Crippen molar-refractivity contribution in [2.75, 3.05) is 43.4 Å². The van der Waals surface area contributed by atoms with Gasteiger partial charge in [-0.25, -0.2) is 9.50 Å². The molecule has 31 heavy (non-hydrogen) atoms. The summed E-state index contributed by atoms with van der Waals surface area (Å²) in [6.07, 6.45) is 2.43. The van der Waals surface area contributed by atoms with E-state index in [1.165, 1.54) is 6.20 Å². The highest BCUT2D eigenvalue weighted by Gasteiger charge is 2.19. The van der Waals surface area contributed by atoms with E-state index in [0.29, 0.717) is 24.1 Å². The fourth-order valence-corrected chi connectivity index (χ4v) is 4.11. The Morgan fingerprint density at radius 2 is 1.94 bits per heavy atom. The lowest BCUT2D eigenvalue weighted by molar-refractivity contribution is -0.116. The Balaban J connectivity index is 1.47. The average molecular weight is 418 g/mol. The van der Waals surface area contributed by atoms with Crippen LogP contribution in [0.5, 0.6) is 0 Å². The van der Waals surface area contributed by atoms with Crippen LogP contribution in [0.1, 0.15) is 28.9 Å². The molecule has 1 amide bonds. The first-order chi connectivity index (χ1) is 15.0. The smallest absolute Gasteiger partial charge is 0.224 e. The van der Waals surface area contributed by atoms with Crippen molar-refractivity contribution < 1.29 is 4.79 Å². The van der Waals surface area contributed by atoms with Gasteiger partial charge in [0, 0.05) is 44.0 Å². The molecule has 2 aromatic heterocycles. The number of rotatable bonds is 5. The number of anilines is 2. The van der Waals surface area contributed by atoms with Crippen LogP contribution in [0.2, 0.25) is 0 Å². The molecule has 160 valence electrons. The zero-order valence-electron chi connectivity index (χ0n) is 18.2. The van der Waals surface area contributed by atoms with E-state index in [-0.39, 0.29) is 5.91 Å². The molecule has 0 bridgehead atoms. The van der Waals surface area contributed by atoms with Gasteiger partial charge in [-0.05, 0) is 45.0 Å². The summed E-state index contributed by atoms with van der Waals surface area (Å²) >= 11 is 0. The number of aryl methyl sites for hydroxylation is 2. The molecule has 0 spiro atoms. The van der Waals surface area contributed by atoms with E-state index in [0.717, 1.165) is 54.5 Å². The number of nitrogens with zero attached hydrogens (tertiary/aromatic N) is 6. The number of fused-ring (bicyclic) bond motifs is 1. The van der Waals surface area contributed by atoms with E-state index in [4.69, 9.17) is 0 Å². The van der Waals surface area contributed by atoms with E-state index >= 15 is 0 Å². The quantitative estimate of drug-likeness (QED) is 0.686. The Morgan fingerprint density at radius 3 is 2.68 bits per heavy atom. The number of piperazine rings is 1. The molecule has 0 atom stereocenters. The predicted molar refractivity (Wildman–Crippen MR) is 120 cm³/mol. The highest BCUT2D eigenvalue weighted by molar-refractivity contribution is 5.94. The normalized spacial score (nSPS) is 14.6. The molecule has 3 aromatic rings. The van der Waals surface area contributed by atoms with E-state index in [1.807, 2.05) is 32.0 Å². The van der Waals surface area contributed by atoms with Crippen molar-refractivity contribution in [3.05, 3.63) is 53.0 Å². The topological polar surface area (TPSA) is 89.6 Å². The van der Waals surface area contributed by atoms with Gasteiger partial charge in [0.2, 0.25) is 5.91 Å². The zero-order chi connectivity index (χ0) is 22.0. The van der Waals surface area contributed by atoms with Crippen molar-refractivity contribution >= 4 is 22.9 Å². The van der Waals surface area contributed by atoms with Crippen LogP contribution < -0.4 is 10.2 Å². The number of nitriles is 1. The Hall–Kier alpha value is -3.44. The van der Waals surface area contributed by atoms with Crippen LogP contribution in [-0.2, 0) is 11.2 Å². The first-order valence-electron chi connectivity index (χ1n) is 10.5. The van der Waals surface area contributed by atoms with Crippen molar-refractivity contribution in [3.63, 3.8) is 0 Å². The van der Waals surface area contributed by atoms with Crippen molar-refractivity contribution in [1.82, 2.24) is 19.5 Å². The second-order valence-corrected chi connectivity index (χ2v) is 8.02. The van der Waals surface area contributed by atoms with Gasteiger partial charge in [-0.1, -0.05) is 12.1 Å². The number of carbonyl (C=O) groups excluding carboxylic acids is 1. The van der Waals surface area contributed by atoms with Gasteiger partial charge in [-0.3, -0.25) is 4.79 Å². The zero-order valence-corrected chi connectivity index (χ0v) is 18.2. The van der Waals surface area contributed by atoms with Crippen LogP contribution in [0.15, 0.2) is 30.5 Å². The Labute approximate surface area is 182 Å². The third kappa shape index (κ3) is 4.23. The molecule has 1 N–H and O–H groups in total. The largest absolute Gasteiger partial charge is 0.367 e. The highest BCUT2D eigenvalue weighted by atomic mass is 16.1. The van der Waals surface area contributed by atoms with Crippen molar-refractivity contribution in [2.24, 2.45) is 0 Å². The second-order valence-electron chi connectivity index (χ2n) is 8.02. The molecule has 1 fully saturated rings. The highest BCUT2D eigenvalue weighted by Crippen LogP contribution is 2.27. The summed E-state index contributed by atoms with van der Waals surface area (Å²) in [6.45, 7) is 7.78. The number of hydrogen-bond donors (Lipinski definition) is 1. The van der Waals surface area contributed by atoms with Gasteiger partial charge in [0.1, 0.15) is 11.6 Å². The summed E-state index contributed by atoms with van der Waals surface area (Å²) in [6, 6.07) is 10.1. The number of para-hydroxylation sites is 2. The van der Waals surface area contributed by atoms with Gasteiger partial charge in [0.15, 0.2) is 5.65 Å². The number of amides is 1. The Bertz CT molecular complexity index is 1150. The maximum Gasteiger partial charge on any atom is 0.224 e. The summed E-state index contributed by atoms with van der Waals surface area (Å²) in [7, 11) is 2.13. The number of hydrogen-bond acceptors (Lipinski definition) is 6. The molecule has 1 aliphatic heterocycles. The van der Waals surface area contributed by atoms with Gasteiger partial charge in [0.25, 0.3) is 0 Å². The standard InChI is InChI=1S/C23H27N7O/c1-16-19(17(2)30-23(26-16)18(14-24)15-25-30)8-9-22(31)27-20-6-4-5-7-21(20)29-12-10-28(3)11-13-29/h4-7,15H,8-13H2,1-3H3,(H,27,31).